The van der Waals surface area contributed by atoms with Gasteiger partial charge >= 0.3 is 0 Å². The second-order valence-corrected chi connectivity index (χ2v) is 8.54. The van der Waals surface area contributed by atoms with E-state index in [1.807, 2.05) is 30.3 Å². The van der Waals surface area contributed by atoms with Gasteiger partial charge in [-0.1, -0.05) is 23.7 Å². The first-order chi connectivity index (χ1) is 16.1. The van der Waals surface area contributed by atoms with Gasteiger partial charge in [-0.25, -0.2) is 4.98 Å². The van der Waals surface area contributed by atoms with E-state index in [1.165, 1.54) is 0 Å². The predicted molar refractivity (Wildman–Crippen MR) is 120 cm³/mol. The number of hydrogen-bond donors (Lipinski definition) is 2. The monoisotopic (exact) mass is 475 g/mol. The smallest absolute Gasteiger partial charge is 0.296 e. The second kappa shape index (κ2) is 9.82. The van der Waals surface area contributed by atoms with Crippen molar-refractivity contribution in [2.24, 2.45) is 0 Å². The first-order valence-corrected chi connectivity index (χ1v) is 11.3. The first kappa shape index (κ1) is 22.4. The Hall–Kier alpha value is -2.43. The van der Waals surface area contributed by atoms with Crippen molar-refractivity contribution in [3.05, 3.63) is 46.6 Å². The average Bonchev–Trinajstić information content (AvgIpc) is 3.50. The minimum atomic E-state index is -0.623. The summed E-state index contributed by atoms with van der Waals surface area (Å²) in [4.78, 5) is 12.2. The minimum absolute atomic E-state index is 0.249. The molecule has 3 aromatic rings. The molecule has 0 radical (unpaired) electrons. The standard InChI is InChI=1S/C23H26ClN3O6/c1-29-8-9-30-14-5-2-13(3-6-14)4-7-16-15(24)10-17-22(25-16)27-23(26-17)33-19-12-32-20-18(28)11-31-21(19)20/h2-3,5-6,10,18-21,28H,4,7-9,11-12H2,1H3,(H,25,26,27)/t18-,19-,20-,21-/m1/s1. The number of H-pyrrole nitrogens is 1. The molecular weight excluding hydrogens is 450 g/mol. The van der Waals surface area contributed by atoms with Crippen LogP contribution in [0.3, 0.4) is 0 Å². The van der Waals surface area contributed by atoms with Crippen molar-refractivity contribution in [3.8, 4) is 11.8 Å². The fraction of sp³-hybridized carbons (Fsp3) is 0.478. The van der Waals surface area contributed by atoms with E-state index in [9.17, 15) is 5.11 Å². The quantitative estimate of drug-likeness (QED) is 0.454. The van der Waals surface area contributed by atoms with Crippen molar-refractivity contribution in [2.45, 2.75) is 37.3 Å². The van der Waals surface area contributed by atoms with Gasteiger partial charge in [0.2, 0.25) is 0 Å². The fourth-order valence-corrected chi connectivity index (χ4v) is 4.36. The van der Waals surface area contributed by atoms with Gasteiger partial charge in [-0.05, 0) is 36.6 Å². The molecule has 2 fully saturated rings. The third-order valence-electron chi connectivity index (χ3n) is 5.85. The number of nitrogens with zero attached hydrogens (tertiary/aromatic N) is 2. The number of hydrogen-bond acceptors (Lipinski definition) is 8. The van der Waals surface area contributed by atoms with Crippen LogP contribution in [0.4, 0.5) is 0 Å². The molecular formula is C23H26ClN3O6. The van der Waals surface area contributed by atoms with Crippen LogP contribution in [0, 0.1) is 0 Å². The van der Waals surface area contributed by atoms with Crippen LogP contribution >= 0.6 is 11.6 Å². The van der Waals surface area contributed by atoms with Crippen LogP contribution in [0.1, 0.15) is 11.3 Å². The molecule has 4 heterocycles. The molecule has 2 aromatic heterocycles. The van der Waals surface area contributed by atoms with Gasteiger partial charge in [-0.3, -0.25) is 0 Å². The van der Waals surface area contributed by atoms with Crippen LogP contribution in [0.2, 0.25) is 5.02 Å². The number of fused-ring (bicyclic) bond motifs is 2. The van der Waals surface area contributed by atoms with Crippen molar-refractivity contribution in [1.29, 1.82) is 0 Å². The van der Waals surface area contributed by atoms with Gasteiger partial charge in [0.05, 0.1) is 36.1 Å². The lowest BCUT2D eigenvalue weighted by Crippen LogP contribution is -2.34. The largest absolute Gasteiger partial charge is 0.491 e. The molecule has 1 aromatic carbocycles. The number of pyridine rings is 1. The molecule has 0 unspecified atom stereocenters. The molecule has 0 amide bonds. The molecule has 5 rings (SSSR count). The summed E-state index contributed by atoms with van der Waals surface area (Å²) in [6, 6.07) is 10.1. The van der Waals surface area contributed by atoms with Crippen molar-refractivity contribution < 1.29 is 28.8 Å². The minimum Gasteiger partial charge on any atom is -0.491 e. The second-order valence-electron chi connectivity index (χ2n) is 8.13. The summed E-state index contributed by atoms with van der Waals surface area (Å²) < 4.78 is 27.7. The summed E-state index contributed by atoms with van der Waals surface area (Å²) in [5, 5.41) is 10.5. The van der Waals surface area contributed by atoms with Gasteiger partial charge in [-0.15, -0.1) is 0 Å². The van der Waals surface area contributed by atoms with Crippen LogP contribution in [0.5, 0.6) is 11.8 Å². The molecule has 9 nitrogen and oxygen atoms in total. The van der Waals surface area contributed by atoms with E-state index in [4.69, 9.17) is 35.3 Å². The van der Waals surface area contributed by atoms with Gasteiger partial charge in [-0.2, -0.15) is 4.98 Å². The van der Waals surface area contributed by atoms with Crippen LogP contribution in [-0.2, 0) is 27.1 Å². The number of aliphatic hydroxyl groups is 1. The Morgan fingerprint density at radius 1 is 1.09 bits per heavy atom. The highest BCUT2D eigenvalue weighted by molar-refractivity contribution is 6.31. The molecule has 10 heteroatoms. The van der Waals surface area contributed by atoms with Crippen LogP contribution in [0.15, 0.2) is 30.3 Å². The lowest BCUT2D eigenvalue weighted by atomic mass is 10.1. The van der Waals surface area contributed by atoms with Gasteiger partial charge < -0.3 is 33.8 Å². The maximum Gasteiger partial charge on any atom is 0.296 e. The lowest BCUT2D eigenvalue weighted by Gasteiger charge is -2.15. The Bertz CT molecular complexity index is 1090. The Balaban J connectivity index is 1.22. The van der Waals surface area contributed by atoms with Crippen molar-refractivity contribution in [2.75, 3.05) is 33.5 Å². The number of aromatic amines is 1. The first-order valence-electron chi connectivity index (χ1n) is 10.9. The predicted octanol–water partition coefficient (Wildman–Crippen LogP) is 2.33. The highest BCUT2D eigenvalue weighted by Crippen LogP contribution is 2.30. The number of nitrogens with one attached hydrogen (secondary N) is 1. The molecule has 0 saturated carbocycles. The van der Waals surface area contributed by atoms with Crippen LogP contribution in [0.25, 0.3) is 11.2 Å². The van der Waals surface area contributed by atoms with Crippen LogP contribution in [-0.4, -0.2) is 78.0 Å². The van der Waals surface area contributed by atoms with Gasteiger partial charge in [0, 0.05) is 7.11 Å². The molecule has 0 aliphatic carbocycles. The Morgan fingerprint density at radius 2 is 1.91 bits per heavy atom. The van der Waals surface area contributed by atoms with Gasteiger partial charge in [0.15, 0.2) is 11.8 Å². The highest BCUT2D eigenvalue weighted by Gasteiger charge is 2.48. The highest BCUT2D eigenvalue weighted by atomic mass is 35.5. The molecule has 0 spiro atoms. The van der Waals surface area contributed by atoms with Crippen molar-refractivity contribution >= 4 is 22.8 Å². The summed E-state index contributed by atoms with van der Waals surface area (Å²) in [6.07, 6.45) is -0.174. The Kier molecular flexibility index (Phi) is 6.66. The summed E-state index contributed by atoms with van der Waals surface area (Å²) in [6.45, 7) is 1.66. The number of aliphatic hydroxyl groups excluding tert-OH is 1. The maximum atomic E-state index is 9.88. The third kappa shape index (κ3) is 4.92. The number of rotatable bonds is 9. The topological polar surface area (TPSA) is 108 Å². The fourth-order valence-electron chi connectivity index (χ4n) is 4.11. The number of ether oxygens (including phenoxy) is 5. The molecule has 2 aliphatic rings. The average molecular weight is 476 g/mol. The van der Waals surface area contributed by atoms with E-state index < -0.39 is 6.10 Å². The molecule has 0 bridgehead atoms. The lowest BCUT2D eigenvalue weighted by molar-refractivity contribution is 0.00706. The van der Waals surface area contributed by atoms with Gasteiger partial charge in [0.1, 0.15) is 30.7 Å². The summed E-state index contributed by atoms with van der Waals surface area (Å²) >= 11 is 6.48. The Labute approximate surface area is 195 Å². The zero-order chi connectivity index (χ0) is 22.8. The molecule has 2 aliphatic heterocycles. The van der Waals surface area contributed by atoms with E-state index in [1.54, 1.807) is 7.11 Å². The van der Waals surface area contributed by atoms with Crippen molar-refractivity contribution in [3.63, 3.8) is 0 Å². The number of imidazole rings is 1. The summed E-state index contributed by atoms with van der Waals surface area (Å²) in [5.74, 6) is 0.814. The normalized spacial score (nSPS) is 24.3. The number of aryl methyl sites for hydroxylation is 2. The molecule has 2 saturated heterocycles. The van der Waals surface area contributed by atoms with Crippen LogP contribution < -0.4 is 9.47 Å². The Morgan fingerprint density at radius 3 is 2.73 bits per heavy atom. The zero-order valence-electron chi connectivity index (χ0n) is 18.2. The maximum absolute atomic E-state index is 9.88. The SMILES string of the molecule is COCCOc1ccc(CCc2nc3nc(O[C@@H]4CO[C@H]5[C@@H]4OC[C@H]5O)[nH]c3cc2Cl)cc1. The number of halogens is 1. The molecule has 33 heavy (non-hydrogen) atoms. The van der Waals surface area contributed by atoms with E-state index in [-0.39, 0.29) is 24.9 Å². The van der Waals surface area contributed by atoms with Crippen molar-refractivity contribution in [1.82, 2.24) is 15.0 Å². The number of methoxy groups -OCH3 is 1. The van der Waals surface area contributed by atoms with E-state index >= 15 is 0 Å². The molecule has 2 N–H and O–H groups in total. The van der Waals surface area contributed by atoms with Gasteiger partial charge in [0.25, 0.3) is 6.01 Å². The third-order valence-corrected chi connectivity index (χ3v) is 6.18. The zero-order valence-corrected chi connectivity index (χ0v) is 19.0. The number of aromatic nitrogens is 3. The molecule has 176 valence electrons. The van der Waals surface area contributed by atoms with E-state index in [0.29, 0.717) is 48.4 Å². The van der Waals surface area contributed by atoms with E-state index in [0.717, 1.165) is 23.4 Å². The number of benzene rings is 1. The van der Waals surface area contributed by atoms with E-state index in [2.05, 4.69) is 15.0 Å². The summed E-state index contributed by atoms with van der Waals surface area (Å²) in [5.41, 5.74) is 3.16. The molecule has 4 atom stereocenters. The summed E-state index contributed by atoms with van der Waals surface area (Å²) in [7, 11) is 1.65.